The highest BCUT2D eigenvalue weighted by atomic mass is 16.5. The van der Waals surface area contributed by atoms with E-state index in [9.17, 15) is 9.59 Å². The first-order valence-corrected chi connectivity index (χ1v) is 9.05. The molecular formula is C20H31NO3. The Labute approximate surface area is 146 Å². The third-order valence-electron chi connectivity index (χ3n) is 3.94. The van der Waals surface area contributed by atoms with E-state index in [1.165, 1.54) is 0 Å². The Bertz CT molecular complexity index is 525. The number of carbonyl (C=O) groups is 2. The predicted octanol–water partition coefficient (Wildman–Crippen LogP) is 4.22. The molecule has 0 spiro atoms. The van der Waals surface area contributed by atoms with Crippen molar-refractivity contribution in [1.29, 1.82) is 0 Å². The van der Waals surface area contributed by atoms with Crippen LogP contribution >= 0.6 is 0 Å². The van der Waals surface area contributed by atoms with Crippen LogP contribution in [0.2, 0.25) is 0 Å². The lowest BCUT2D eigenvalue weighted by molar-refractivity contribution is -0.144. The summed E-state index contributed by atoms with van der Waals surface area (Å²) in [4.78, 5) is 26.3. The van der Waals surface area contributed by atoms with Gasteiger partial charge in [-0.3, -0.25) is 9.59 Å². The standard InChI is InChI=1S/C20H31NO3/c1-5-7-10-17-11-9-12-18(14-17)20(23)21(16(3)4)15-19(22)24-13-8-6-2/h9,11-12,14,16H,5-8,10,13,15H2,1-4H3. The summed E-state index contributed by atoms with van der Waals surface area (Å²) in [6.45, 7) is 8.45. The monoisotopic (exact) mass is 333 g/mol. The molecule has 1 aromatic rings. The van der Waals surface area contributed by atoms with Crippen molar-refractivity contribution in [3.63, 3.8) is 0 Å². The number of hydrogen-bond donors (Lipinski definition) is 0. The summed E-state index contributed by atoms with van der Waals surface area (Å²) in [6, 6.07) is 7.66. The minimum absolute atomic E-state index is 0.000593. The number of nitrogens with zero attached hydrogens (tertiary/aromatic N) is 1. The number of benzene rings is 1. The van der Waals surface area contributed by atoms with Gasteiger partial charge >= 0.3 is 5.97 Å². The van der Waals surface area contributed by atoms with Gasteiger partial charge in [0.25, 0.3) is 5.91 Å². The average Bonchev–Trinajstić information content (AvgIpc) is 2.57. The molecule has 0 N–H and O–H groups in total. The summed E-state index contributed by atoms with van der Waals surface area (Å²) in [5.74, 6) is -0.455. The molecule has 0 fully saturated rings. The quantitative estimate of drug-likeness (QED) is 0.476. The molecule has 0 aliphatic rings. The van der Waals surface area contributed by atoms with Crippen LogP contribution in [0.5, 0.6) is 0 Å². The van der Waals surface area contributed by atoms with Gasteiger partial charge in [0, 0.05) is 11.6 Å². The molecule has 24 heavy (non-hydrogen) atoms. The molecule has 1 rings (SSSR count). The summed E-state index contributed by atoms with van der Waals surface area (Å²) in [5.41, 5.74) is 1.80. The first-order chi connectivity index (χ1) is 11.5. The Kier molecular flexibility index (Phi) is 9.13. The number of ether oxygens (including phenoxy) is 1. The third-order valence-corrected chi connectivity index (χ3v) is 3.94. The van der Waals surface area contributed by atoms with E-state index >= 15 is 0 Å². The highest BCUT2D eigenvalue weighted by Crippen LogP contribution is 2.13. The molecule has 0 radical (unpaired) electrons. The van der Waals surface area contributed by atoms with Crippen molar-refractivity contribution in [3.05, 3.63) is 35.4 Å². The Morgan fingerprint density at radius 1 is 1.12 bits per heavy atom. The van der Waals surface area contributed by atoms with Crippen molar-refractivity contribution < 1.29 is 14.3 Å². The van der Waals surface area contributed by atoms with Crippen molar-refractivity contribution in [1.82, 2.24) is 4.90 Å². The Balaban J connectivity index is 2.77. The molecule has 4 nitrogen and oxygen atoms in total. The molecule has 0 saturated heterocycles. The summed E-state index contributed by atoms with van der Waals surface area (Å²) < 4.78 is 5.19. The SMILES string of the molecule is CCCCOC(=O)CN(C(=O)c1cccc(CCCC)c1)C(C)C. The molecular weight excluding hydrogens is 302 g/mol. The Morgan fingerprint density at radius 2 is 1.83 bits per heavy atom. The number of esters is 1. The smallest absolute Gasteiger partial charge is 0.325 e. The molecule has 0 heterocycles. The lowest BCUT2D eigenvalue weighted by atomic mass is 10.0. The highest BCUT2D eigenvalue weighted by molar-refractivity contribution is 5.96. The van der Waals surface area contributed by atoms with Crippen molar-refractivity contribution >= 4 is 11.9 Å². The van der Waals surface area contributed by atoms with Gasteiger partial charge in [-0.15, -0.1) is 0 Å². The Morgan fingerprint density at radius 3 is 2.46 bits per heavy atom. The summed E-state index contributed by atoms with van der Waals surface area (Å²) in [5, 5.41) is 0. The molecule has 0 unspecified atom stereocenters. The van der Waals surface area contributed by atoms with Crippen molar-refractivity contribution in [3.8, 4) is 0 Å². The topological polar surface area (TPSA) is 46.6 Å². The van der Waals surface area contributed by atoms with Crippen LogP contribution in [-0.4, -0.2) is 36.0 Å². The fourth-order valence-electron chi connectivity index (χ4n) is 2.41. The van der Waals surface area contributed by atoms with Crippen molar-refractivity contribution in [2.45, 2.75) is 65.8 Å². The zero-order valence-corrected chi connectivity index (χ0v) is 15.5. The third kappa shape index (κ3) is 6.73. The van der Waals surface area contributed by atoms with Gasteiger partial charge < -0.3 is 9.64 Å². The first-order valence-electron chi connectivity index (χ1n) is 9.05. The molecule has 0 saturated carbocycles. The molecule has 4 heteroatoms. The molecule has 134 valence electrons. The second kappa shape index (κ2) is 10.8. The second-order valence-electron chi connectivity index (χ2n) is 6.40. The summed E-state index contributed by atoms with van der Waals surface area (Å²) >= 11 is 0. The van der Waals surface area contributed by atoms with Crippen LogP contribution in [-0.2, 0) is 16.0 Å². The van der Waals surface area contributed by atoms with Crippen LogP contribution in [0.1, 0.15) is 69.3 Å². The van der Waals surface area contributed by atoms with Gasteiger partial charge in [0.15, 0.2) is 0 Å². The van der Waals surface area contributed by atoms with Gasteiger partial charge in [-0.05, 0) is 50.8 Å². The first kappa shape index (κ1) is 20.2. The predicted molar refractivity (Wildman–Crippen MR) is 97.1 cm³/mol. The number of aryl methyl sites for hydroxylation is 1. The zero-order chi connectivity index (χ0) is 17.9. The molecule has 1 aromatic carbocycles. The fraction of sp³-hybridized carbons (Fsp3) is 0.600. The lowest BCUT2D eigenvalue weighted by Crippen LogP contribution is -2.41. The molecule has 0 aliphatic carbocycles. The van der Waals surface area contributed by atoms with Gasteiger partial charge in [-0.25, -0.2) is 0 Å². The minimum atomic E-state index is -0.340. The number of carbonyl (C=O) groups excluding carboxylic acids is 2. The second-order valence-corrected chi connectivity index (χ2v) is 6.40. The van der Waals surface area contributed by atoms with Crippen LogP contribution < -0.4 is 0 Å². The number of unbranched alkanes of at least 4 members (excludes halogenated alkanes) is 2. The normalized spacial score (nSPS) is 10.7. The molecule has 0 atom stereocenters. The van der Waals surface area contributed by atoms with E-state index in [1.807, 2.05) is 45.0 Å². The van der Waals surface area contributed by atoms with Gasteiger partial charge in [-0.1, -0.05) is 38.8 Å². The van der Waals surface area contributed by atoms with Crippen LogP contribution in [0.4, 0.5) is 0 Å². The van der Waals surface area contributed by atoms with Crippen LogP contribution in [0, 0.1) is 0 Å². The van der Waals surface area contributed by atoms with Crippen molar-refractivity contribution in [2.75, 3.05) is 13.2 Å². The van der Waals surface area contributed by atoms with Crippen LogP contribution in [0.3, 0.4) is 0 Å². The van der Waals surface area contributed by atoms with E-state index in [-0.39, 0.29) is 24.5 Å². The minimum Gasteiger partial charge on any atom is -0.464 e. The van der Waals surface area contributed by atoms with E-state index in [0.717, 1.165) is 37.7 Å². The molecule has 0 aliphatic heterocycles. The van der Waals surface area contributed by atoms with E-state index in [2.05, 4.69) is 6.92 Å². The molecule has 1 amide bonds. The van der Waals surface area contributed by atoms with Crippen LogP contribution in [0.25, 0.3) is 0 Å². The van der Waals surface area contributed by atoms with Gasteiger partial charge in [-0.2, -0.15) is 0 Å². The van der Waals surface area contributed by atoms with E-state index in [0.29, 0.717) is 12.2 Å². The number of rotatable bonds is 10. The largest absolute Gasteiger partial charge is 0.464 e. The van der Waals surface area contributed by atoms with Crippen LogP contribution in [0.15, 0.2) is 24.3 Å². The zero-order valence-electron chi connectivity index (χ0n) is 15.5. The van der Waals surface area contributed by atoms with E-state index in [1.54, 1.807) is 4.90 Å². The van der Waals surface area contributed by atoms with Gasteiger partial charge in [0.05, 0.1) is 6.61 Å². The maximum absolute atomic E-state index is 12.8. The maximum Gasteiger partial charge on any atom is 0.325 e. The number of hydrogen-bond acceptors (Lipinski definition) is 3. The van der Waals surface area contributed by atoms with Gasteiger partial charge in [0.2, 0.25) is 0 Å². The maximum atomic E-state index is 12.8. The fourth-order valence-corrected chi connectivity index (χ4v) is 2.41. The summed E-state index contributed by atoms with van der Waals surface area (Å²) in [7, 11) is 0. The molecule has 0 aromatic heterocycles. The van der Waals surface area contributed by atoms with Gasteiger partial charge in [0.1, 0.15) is 6.54 Å². The highest BCUT2D eigenvalue weighted by Gasteiger charge is 2.22. The molecule has 0 bridgehead atoms. The number of amides is 1. The summed E-state index contributed by atoms with van der Waals surface area (Å²) in [6.07, 6.45) is 5.03. The van der Waals surface area contributed by atoms with E-state index < -0.39 is 0 Å². The van der Waals surface area contributed by atoms with Crippen molar-refractivity contribution in [2.24, 2.45) is 0 Å². The Hall–Kier alpha value is -1.84. The lowest BCUT2D eigenvalue weighted by Gasteiger charge is -2.26. The average molecular weight is 333 g/mol. The van der Waals surface area contributed by atoms with E-state index in [4.69, 9.17) is 4.74 Å².